The van der Waals surface area contributed by atoms with Gasteiger partial charge in [-0.05, 0) is 18.9 Å². The third-order valence-electron chi connectivity index (χ3n) is 2.40. The molecule has 1 heterocycles. The summed E-state index contributed by atoms with van der Waals surface area (Å²) < 4.78 is 0. The maximum absolute atomic E-state index is 9.51. The van der Waals surface area contributed by atoms with Gasteiger partial charge in [0, 0.05) is 6.54 Å². The summed E-state index contributed by atoms with van der Waals surface area (Å²) in [5.74, 6) is 0.560. The summed E-state index contributed by atoms with van der Waals surface area (Å²) >= 11 is 0. The maximum atomic E-state index is 9.51. The van der Waals surface area contributed by atoms with E-state index in [0.717, 1.165) is 13.0 Å². The molecule has 0 spiro atoms. The second-order valence-electron chi connectivity index (χ2n) is 3.59. The summed E-state index contributed by atoms with van der Waals surface area (Å²) in [5, 5.41) is 16.6. The lowest BCUT2D eigenvalue weighted by atomic mass is 9.96. The summed E-state index contributed by atoms with van der Waals surface area (Å²) in [4.78, 5) is 2.02. The zero-order chi connectivity index (χ0) is 9.14. The molecule has 4 N–H and O–H groups in total. The highest BCUT2D eigenvalue weighted by atomic mass is 16.3. The molecule has 1 aliphatic heterocycles. The Morgan fingerprint density at radius 1 is 1.75 bits per heavy atom. The van der Waals surface area contributed by atoms with Crippen LogP contribution in [0, 0.1) is 11.3 Å². The first-order valence-corrected chi connectivity index (χ1v) is 4.33. The molecule has 1 rings (SSSR count). The van der Waals surface area contributed by atoms with Gasteiger partial charge in [0.2, 0.25) is 0 Å². The molecule has 0 aromatic heterocycles. The molecule has 0 amide bonds. The van der Waals surface area contributed by atoms with E-state index in [2.05, 4.69) is 6.92 Å². The minimum absolute atomic E-state index is 0.178. The van der Waals surface area contributed by atoms with Crippen LogP contribution in [-0.4, -0.2) is 41.6 Å². The van der Waals surface area contributed by atoms with E-state index < -0.39 is 0 Å². The third kappa shape index (κ3) is 2.46. The third-order valence-corrected chi connectivity index (χ3v) is 2.40. The second kappa shape index (κ2) is 3.87. The zero-order valence-corrected chi connectivity index (χ0v) is 7.45. The number of aliphatic hydroxyl groups is 1. The molecule has 12 heavy (non-hydrogen) atoms. The predicted molar refractivity (Wildman–Crippen MR) is 48.1 cm³/mol. The average molecular weight is 171 g/mol. The van der Waals surface area contributed by atoms with Crippen molar-refractivity contribution in [2.24, 2.45) is 11.7 Å². The van der Waals surface area contributed by atoms with E-state index in [1.54, 1.807) is 0 Å². The fourth-order valence-electron chi connectivity index (χ4n) is 1.50. The van der Waals surface area contributed by atoms with Crippen LogP contribution in [0.4, 0.5) is 0 Å². The molecule has 0 aromatic carbocycles. The Morgan fingerprint density at radius 3 is 2.92 bits per heavy atom. The van der Waals surface area contributed by atoms with Gasteiger partial charge < -0.3 is 10.8 Å². The van der Waals surface area contributed by atoms with E-state index in [1.807, 2.05) is 4.90 Å². The summed E-state index contributed by atoms with van der Waals surface area (Å²) in [6.45, 7) is 4.14. The second-order valence-corrected chi connectivity index (χ2v) is 3.59. The number of piperidine rings is 1. The molecule has 0 radical (unpaired) electrons. The highest BCUT2D eigenvalue weighted by molar-refractivity contribution is 5.78. The van der Waals surface area contributed by atoms with E-state index in [4.69, 9.17) is 11.1 Å². The minimum atomic E-state index is -0.252. The Labute approximate surface area is 72.9 Å². The largest absolute Gasteiger partial charge is 0.392 e. The number of rotatable bonds is 2. The maximum Gasteiger partial charge on any atom is 0.105 e. The summed E-state index contributed by atoms with van der Waals surface area (Å²) in [7, 11) is 0. The van der Waals surface area contributed by atoms with E-state index in [-0.39, 0.29) is 11.9 Å². The molecule has 2 atom stereocenters. The van der Waals surface area contributed by atoms with Crippen molar-refractivity contribution < 1.29 is 5.11 Å². The van der Waals surface area contributed by atoms with Crippen molar-refractivity contribution in [2.75, 3.05) is 19.6 Å². The topological polar surface area (TPSA) is 73.3 Å². The number of nitrogens with zero attached hydrogens (tertiary/aromatic N) is 1. The van der Waals surface area contributed by atoms with E-state index in [1.165, 1.54) is 0 Å². The van der Waals surface area contributed by atoms with Gasteiger partial charge in [-0.2, -0.15) is 0 Å². The minimum Gasteiger partial charge on any atom is -0.392 e. The molecule has 2 unspecified atom stereocenters. The van der Waals surface area contributed by atoms with Gasteiger partial charge in [0.15, 0.2) is 0 Å². The predicted octanol–water partition coefficient (Wildman–Crippen LogP) is -0.375. The van der Waals surface area contributed by atoms with Crippen molar-refractivity contribution in [3.8, 4) is 0 Å². The van der Waals surface area contributed by atoms with Crippen LogP contribution in [0.3, 0.4) is 0 Å². The van der Waals surface area contributed by atoms with Gasteiger partial charge in [-0.1, -0.05) is 6.92 Å². The van der Waals surface area contributed by atoms with Crippen LogP contribution in [0.25, 0.3) is 0 Å². The summed E-state index contributed by atoms with van der Waals surface area (Å²) in [6, 6.07) is 0. The molecule has 1 saturated heterocycles. The lowest BCUT2D eigenvalue weighted by molar-refractivity contribution is 0.0358. The van der Waals surface area contributed by atoms with Gasteiger partial charge >= 0.3 is 0 Å². The van der Waals surface area contributed by atoms with Crippen LogP contribution >= 0.6 is 0 Å². The number of nitrogens with two attached hydrogens (primary N) is 1. The van der Waals surface area contributed by atoms with Crippen LogP contribution < -0.4 is 5.73 Å². The number of β-amino-alcohol motifs (C(OH)–C–C–N with tert-alkyl or cyclic N) is 1. The van der Waals surface area contributed by atoms with Crippen molar-refractivity contribution in [1.29, 1.82) is 5.41 Å². The highest BCUT2D eigenvalue weighted by Gasteiger charge is 2.23. The van der Waals surface area contributed by atoms with Crippen LogP contribution in [0.15, 0.2) is 0 Å². The quantitative estimate of drug-likeness (QED) is 0.392. The lowest BCUT2D eigenvalue weighted by Gasteiger charge is -2.33. The molecular weight excluding hydrogens is 154 g/mol. The number of nitrogens with one attached hydrogen (secondary N) is 1. The van der Waals surface area contributed by atoms with Crippen LogP contribution in [0.1, 0.15) is 13.3 Å². The molecule has 4 heteroatoms. The van der Waals surface area contributed by atoms with E-state index in [9.17, 15) is 5.11 Å². The smallest absolute Gasteiger partial charge is 0.105 e. The Morgan fingerprint density at radius 2 is 2.42 bits per heavy atom. The average Bonchev–Trinajstić information content (AvgIpc) is 1.96. The van der Waals surface area contributed by atoms with Gasteiger partial charge in [0.25, 0.3) is 0 Å². The van der Waals surface area contributed by atoms with Crippen LogP contribution in [0.2, 0.25) is 0 Å². The normalized spacial score (nSPS) is 31.8. The highest BCUT2D eigenvalue weighted by Crippen LogP contribution is 2.16. The van der Waals surface area contributed by atoms with Crippen molar-refractivity contribution in [2.45, 2.75) is 19.4 Å². The molecule has 1 aliphatic rings. The first-order chi connectivity index (χ1) is 5.59. The Balaban J connectivity index is 2.35. The monoisotopic (exact) mass is 171 g/mol. The van der Waals surface area contributed by atoms with Crippen molar-refractivity contribution in [3.63, 3.8) is 0 Å². The van der Waals surface area contributed by atoms with Gasteiger partial charge in [-0.25, -0.2) is 0 Å². The molecule has 0 saturated carbocycles. The molecular formula is C8H17N3O. The van der Waals surface area contributed by atoms with Gasteiger partial charge in [0.05, 0.1) is 12.6 Å². The van der Waals surface area contributed by atoms with Crippen molar-refractivity contribution in [3.05, 3.63) is 0 Å². The number of likely N-dealkylation sites (tertiary alicyclic amines) is 1. The molecule has 1 fully saturated rings. The van der Waals surface area contributed by atoms with E-state index in [0.29, 0.717) is 19.0 Å². The summed E-state index contributed by atoms with van der Waals surface area (Å²) in [6.07, 6.45) is 0.743. The first-order valence-electron chi connectivity index (χ1n) is 4.33. The summed E-state index contributed by atoms with van der Waals surface area (Å²) in [5.41, 5.74) is 5.26. The fourth-order valence-corrected chi connectivity index (χ4v) is 1.50. The molecule has 4 nitrogen and oxygen atoms in total. The number of aliphatic hydroxyl groups excluding tert-OH is 1. The van der Waals surface area contributed by atoms with Crippen molar-refractivity contribution >= 4 is 5.84 Å². The molecule has 0 aliphatic carbocycles. The Hall–Kier alpha value is -0.610. The Kier molecular flexibility index (Phi) is 3.05. The molecule has 0 bridgehead atoms. The SMILES string of the molecule is CC1CCN(CC(=N)N)CC1O. The first kappa shape index (κ1) is 9.48. The van der Waals surface area contributed by atoms with E-state index >= 15 is 0 Å². The van der Waals surface area contributed by atoms with Gasteiger partial charge in [0.1, 0.15) is 5.84 Å². The molecule has 0 aromatic rings. The zero-order valence-electron chi connectivity index (χ0n) is 7.45. The Bertz CT molecular complexity index is 172. The van der Waals surface area contributed by atoms with Gasteiger partial charge in [-0.15, -0.1) is 0 Å². The number of amidine groups is 1. The fraction of sp³-hybridized carbons (Fsp3) is 0.875. The van der Waals surface area contributed by atoms with Crippen LogP contribution in [-0.2, 0) is 0 Å². The molecule has 70 valence electrons. The number of hydrogen-bond acceptors (Lipinski definition) is 3. The number of hydrogen-bond donors (Lipinski definition) is 3. The van der Waals surface area contributed by atoms with Gasteiger partial charge in [-0.3, -0.25) is 10.3 Å². The lowest BCUT2D eigenvalue weighted by Crippen LogP contribution is -2.45. The van der Waals surface area contributed by atoms with Crippen LogP contribution in [0.5, 0.6) is 0 Å². The van der Waals surface area contributed by atoms with Crippen molar-refractivity contribution in [1.82, 2.24) is 4.90 Å². The standard InChI is InChI=1S/C8H17N3O/c1-6-2-3-11(4-7(6)12)5-8(9)10/h6-7,12H,2-5H2,1H3,(H3,9,10).